The van der Waals surface area contributed by atoms with Gasteiger partial charge < -0.3 is 14.2 Å². The molecule has 0 saturated heterocycles. The monoisotopic (exact) mass is 983 g/mol. The molecular weight excluding hydrogens is 877 g/mol. The lowest BCUT2D eigenvalue weighted by atomic mass is 10.1. The fourth-order valence-electron chi connectivity index (χ4n) is 7.55. The Bertz CT molecular complexity index is 1500. The van der Waals surface area contributed by atoms with Crippen LogP contribution in [-0.4, -0.2) is 37.2 Å². The lowest BCUT2D eigenvalue weighted by Crippen LogP contribution is -2.30. The van der Waals surface area contributed by atoms with Gasteiger partial charge in [0.1, 0.15) is 13.2 Å². The molecule has 0 heterocycles. The van der Waals surface area contributed by atoms with Gasteiger partial charge in [-0.15, -0.1) is 0 Å². The minimum Gasteiger partial charge on any atom is -0.462 e. The molecule has 71 heavy (non-hydrogen) atoms. The Hall–Kier alpha value is -4.19. The first-order valence-corrected chi connectivity index (χ1v) is 29.0. The van der Waals surface area contributed by atoms with Crippen molar-refractivity contribution in [2.45, 2.75) is 258 Å². The number of unbranched alkanes of at least 4 members (excludes halogenated alkanes) is 20. The summed E-state index contributed by atoms with van der Waals surface area (Å²) in [5.74, 6) is -0.944. The molecule has 0 aromatic rings. The average molecular weight is 984 g/mol. The highest BCUT2D eigenvalue weighted by Crippen LogP contribution is 2.13. The SMILES string of the molecule is CC/C=C\C/C=C\C/C=C\C/C=C\C/C=C\C/C=C\C/C=C\C/C=C\CCCCCCC(=O)OCC(COC(=O)CCCCCCC/C=C\CCCC)OC(=O)CCCCCCC/C=C\CCCCCC. The van der Waals surface area contributed by atoms with Gasteiger partial charge in [0.15, 0.2) is 6.10 Å². The van der Waals surface area contributed by atoms with Crippen LogP contribution in [0.25, 0.3) is 0 Å². The van der Waals surface area contributed by atoms with Crippen molar-refractivity contribution in [3.8, 4) is 0 Å². The van der Waals surface area contributed by atoms with Gasteiger partial charge in [-0.2, -0.15) is 0 Å². The molecule has 6 heteroatoms. The summed E-state index contributed by atoms with van der Waals surface area (Å²) < 4.78 is 16.8. The predicted molar refractivity (Wildman–Crippen MR) is 306 cm³/mol. The highest BCUT2D eigenvalue weighted by molar-refractivity contribution is 5.71. The zero-order chi connectivity index (χ0) is 51.4. The van der Waals surface area contributed by atoms with E-state index in [-0.39, 0.29) is 31.1 Å². The van der Waals surface area contributed by atoms with E-state index in [1.807, 2.05) is 0 Å². The summed E-state index contributed by atoms with van der Waals surface area (Å²) >= 11 is 0. The van der Waals surface area contributed by atoms with E-state index >= 15 is 0 Å². The predicted octanol–water partition coefficient (Wildman–Crippen LogP) is 19.6. The second kappa shape index (κ2) is 58.4. The van der Waals surface area contributed by atoms with E-state index in [1.54, 1.807) is 0 Å². The highest BCUT2D eigenvalue weighted by atomic mass is 16.6. The largest absolute Gasteiger partial charge is 0.462 e. The molecule has 0 fully saturated rings. The third kappa shape index (κ3) is 56.6. The van der Waals surface area contributed by atoms with E-state index in [4.69, 9.17) is 14.2 Å². The third-order valence-electron chi connectivity index (χ3n) is 11.9. The van der Waals surface area contributed by atoms with Crippen molar-refractivity contribution in [1.82, 2.24) is 0 Å². The Morgan fingerprint density at radius 1 is 0.296 bits per heavy atom. The van der Waals surface area contributed by atoms with Crippen LogP contribution in [0.5, 0.6) is 0 Å². The minimum atomic E-state index is -0.798. The number of carbonyl (C=O) groups excluding carboxylic acids is 3. The number of hydrogen-bond donors (Lipinski definition) is 0. The molecule has 0 aliphatic heterocycles. The molecule has 0 rings (SSSR count). The van der Waals surface area contributed by atoms with E-state index < -0.39 is 6.10 Å². The first-order valence-electron chi connectivity index (χ1n) is 29.0. The lowest BCUT2D eigenvalue weighted by molar-refractivity contribution is -0.167. The van der Waals surface area contributed by atoms with Crippen LogP contribution < -0.4 is 0 Å². The molecule has 0 aliphatic rings. The molecule has 6 nitrogen and oxygen atoms in total. The lowest BCUT2D eigenvalue weighted by Gasteiger charge is -2.18. The number of rotatable bonds is 51. The third-order valence-corrected chi connectivity index (χ3v) is 11.9. The van der Waals surface area contributed by atoms with E-state index in [2.05, 4.69) is 142 Å². The van der Waals surface area contributed by atoms with Gasteiger partial charge in [0.2, 0.25) is 0 Å². The number of allylic oxidation sites excluding steroid dienone is 20. The molecule has 0 amide bonds. The fourth-order valence-corrected chi connectivity index (χ4v) is 7.55. The van der Waals surface area contributed by atoms with Crippen molar-refractivity contribution >= 4 is 17.9 Å². The number of carbonyl (C=O) groups is 3. The molecule has 1 atom stereocenters. The summed E-state index contributed by atoms with van der Waals surface area (Å²) in [6.07, 6.45) is 80.5. The molecule has 0 aromatic heterocycles. The molecule has 0 radical (unpaired) electrons. The Morgan fingerprint density at radius 2 is 0.563 bits per heavy atom. The number of esters is 3. The van der Waals surface area contributed by atoms with Crippen molar-refractivity contribution in [3.05, 3.63) is 122 Å². The van der Waals surface area contributed by atoms with Gasteiger partial charge in [-0.3, -0.25) is 14.4 Å². The first kappa shape index (κ1) is 66.8. The van der Waals surface area contributed by atoms with Crippen LogP contribution in [0.3, 0.4) is 0 Å². The maximum Gasteiger partial charge on any atom is 0.306 e. The smallest absolute Gasteiger partial charge is 0.306 e. The molecule has 0 saturated carbocycles. The van der Waals surface area contributed by atoms with Gasteiger partial charge in [0.05, 0.1) is 0 Å². The Balaban J connectivity index is 4.33. The van der Waals surface area contributed by atoms with Gasteiger partial charge >= 0.3 is 17.9 Å². The second-order valence-corrected chi connectivity index (χ2v) is 18.8. The van der Waals surface area contributed by atoms with Gasteiger partial charge in [0, 0.05) is 19.3 Å². The number of hydrogen-bond acceptors (Lipinski definition) is 6. The minimum absolute atomic E-state index is 0.0961. The van der Waals surface area contributed by atoms with Gasteiger partial charge in [-0.1, -0.05) is 226 Å². The Kier molecular flexibility index (Phi) is 54.9. The van der Waals surface area contributed by atoms with E-state index in [1.165, 1.54) is 64.2 Å². The zero-order valence-corrected chi connectivity index (χ0v) is 45.9. The molecule has 0 bridgehead atoms. The van der Waals surface area contributed by atoms with Crippen molar-refractivity contribution in [2.24, 2.45) is 0 Å². The maximum atomic E-state index is 12.8. The van der Waals surface area contributed by atoms with Crippen LogP contribution >= 0.6 is 0 Å². The average Bonchev–Trinajstić information content (AvgIpc) is 3.37. The van der Waals surface area contributed by atoms with E-state index in [0.29, 0.717) is 19.3 Å². The summed E-state index contributed by atoms with van der Waals surface area (Å²) in [7, 11) is 0. The van der Waals surface area contributed by atoms with Crippen LogP contribution in [0.2, 0.25) is 0 Å². The first-order chi connectivity index (χ1) is 35.0. The highest BCUT2D eigenvalue weighted by Gasteiger charge is 2.19. The van der Waals surface area contributed by atoms with Crippen LogP contribution in [0, 0.1) is 0 Å². The quantitative estimate of drug-likeness (QED) is 0.0261. The van der Waals surface area contributed by atoms with Gasteiger partial charge in [0.25, 0.3) is 0 Å². The number of ether oxygens (including phenoxy) is 3. The fraction of sp³-hybridized carbons (Fsp3) is 0.646. The van der Waals surface area contributed by atoms with Crippen LogP contribution in [0.15, 0.2) is 122 Å². The summed E-state index contributed by atoms with van der Waals surface area (Å²) in [4.78, 5) is 38.0. The van der Waals surface area contributed by atoms with E-state index in [0.717, 1.165) is 148 Å². The van der Waals surface area contributed by atoms with Crippen LogP contribution in [0.4, 0.5) is 0 Å². The van der Waals surface area contributed by atoms with Crippen LogP contribution in [0.1, 0.15) is 252 Å². The standard InChI is InChI=1S/C65H106O6/c1-4-7-10-13-16-19-22-24-25-26-27-28-29-30-31-32-33-34-35-36-37-38-39-41-43-46-49-52-55-58-64(67)70-61-62(60-69-63(66)57-54-51-48-45-42-21-18-15-12-9-6-3)71-65(68)59-56-53-50-47-44-40-23-20-17-14-11-8-5-2/h7,10,15-16,18-20,23-25,27-28,30-31,33-34,36-37,39,41,62H,4-6,8-9,11-14,17,21-22,26,29,32,35,38,40,42-61H2,1-3H3/b10-7-,18-15-,19-16-,23-20-,25-24-,28-27-,31-30-,34-33-,37-36-,41-39-. The Morgan fingerprint density at radius 3 is 0.915 bits per heavy atom. The Labute approximate surface area is 437 Å². The van der Waals surface area contributed by atoms with Crippen molar-refractivity contribution < 1.29 is 28.6 Å². The second-order valence-electron chi connectivity index (χ2n) is 18.8. The zero-order valence-electron chi connectivity index (χ0n) is 45.9. The normalized spacial score (nSPS) is 13.0. The topological polar surface area (TPSA) is 78.9 Å². The maximum absolute atomic E-state index is 12.8. The van der Waals surface area contributed by atoms with Crippen molar-refractivity contribution in [1.29, 1.82) is 0 Å². The summed E-state index contributed by atoms with van der Waals surface area (Å²) in [6.45, 7) is 6.43. The molecule has 402 valence electrons. The van der Waals surface area contributed by atoms with Crippen molar-refractivity contribution in [2.75, 3.05) is 13.2 Å². The molecule has 0 aliphatic carbocycles. The van der Waals surface area contributed by atoms with Gasteiger partial charge in [-0.25, -0.2) is 0 Å². The molecule has 0 spiro atoms. The summed E-state index contributed by atoms with van der Waals surface area (Å²) in [5, 5.41) is 0. The van der Waals surface area contributed by atoms with Crippen LogP contribution in [-0.2, 0) is 28.6 Å². The summed E-state index contributed by atoms with van der Waals surface area (Å²) in [5.41, 5.74) is 0. The van der Waals surface area contributed by atoms with Gasteiger partial charge in [-0.05, 0) is 128 Å². The van der Waals surface area contributed by atoms with E-state index in [9.17, 15) is 14.4 Å². The molecular formula is C65H106O6. The van der Waals surface area contributed by atoms with Crippen molar-refractivity contribution in [3.63, 3.8) is 0 Å². The molecule has 1 unspecified atom stereocenters. The molecule has 0 aromatic carbocycles. The molecule has 0 N–H and O–H groups in total. The summed E-state index contributed by atoms with van der Waals surface area (Å²) in [6, 6.07) is 0.